The number of ether oxygens (including phenoxy) is 2. The first-order valence-electron chi connectivity index (χ1n) is 5.65. The summed E-state index contributed by atoms with van der Waals surface area (Å²) in [6.07, 6.45) is 0. The summed E-state index contributed by atoms with van der Waals surface area (Å²) in [6, 6.07) is 6.31. The molecule has 96 valence electrons. The van der Waals surface area contributed by atoms with Gasteiger partial charge in [-0.3, -0.25) is 0 Å². The van der Waals surface area contributed by atoms with Gasteiger partial charge in [0.1, 0.15) is 0 Å². The quantitative estimate of drug-likeness (QED) is 0.779. The molecule has 0 amide bonds. The van der Waals surface area contributed by atoms with Crippen LogP contribution in [0.25, 0.3) is 0 Å². The Morgan fingerprint density at radius 1 is 1.00 bits per heavy atom. The van der Waals surface area contributed by atoms with Gasteiger partial charge in [0, 0.05) is 24.3 Å². The Morgan fingerprint density at radius 3 is 1.94 bits per heavy atom. The fourth-order valence-corrected chi connectivity index (χ4v) is 2.25. The van der Waals surface area contributed by atoms with E-state index in [-0.39, 0.29) is 5.41 Å². The van der Waals surface area contributed by atoms with Crippen LogP contribution in [-0.4, -0.2) is 14.2 Å². The summed E-state index contributed by atoms with van der Waals surface area (Å²) in [5.41, 5.74) is 2.38. The lowest BCUT2D eigenvalue weighted by atomic mass is 9.85. The molecule has 1 aromatic carbocycles. The van der Waals surface area contributed by atoms with Gasteiger partial charge in [-0.1, -0.05) is 42.8 Å². The Morgan fingerprint density at radius 2 is 1.53 bits per heavy atom. The lowest BCUT2D eigenvalue weighted by Crippen LogP contribution is -2.28. The van der Waals surface area contributed by atoms with E-state index in [1.165, 1.54) is 5.56 Å². The van der Waals surface area contributed by atoms with E-state index >= 15 is 0 Å². The molecule has 0 unspecified atom stereocenters. The van der Waals surface area contributed by atoms with Gasteiger partial charge in [-0.25, -0.2) is 0 Å². The van der Waals surface area contributed by atoms with E-state index in [1.807, 2.05) is 13.0 Å². The van der Waals surface area contributed by atoms with Crippen LogP contribution in [0.5, 0.6) is 0 Å². The monoisotopic (exact) mass is 300 g/mol. The molecular weight excluding hydrogens is 280 g/mol. The number of hydrogen-bond donors (Lipinski definition) is 0. The molecule has 0 aliphatic rings. The first-order valence-corrected chi connectivity index (χ1v) is 6.44. The van der Waals surface area contributed by atoms with E-state index in [0.717, 1.165) is 10.0 Å². The zero-order valence-electron chi connectivity index (χ0n) is 11.4. The smallest absolute Gasteiger partial charge is 0.192 e. The van der Waals surface area contributed by atoms with Crippen LogP contribution >= 0.6 is 15.9 Å². The van der Waals surface area contributed by atoms with E-state index in [2.05, 4.69) is 48.8 Å². The highest BCUT2D eigenvalue weighted by Crippen LogP contribution is 2.35. The topological polar surface area (TPSA) is 18.5 Å². The normalized spacial score (nSPS) is 12.9. The first-order chi connectivity index (χ1) is 7.74. The minimum absolute atomic E-state index is 0.109. The second-order valence-electron chi connectivity index (χ2n) is 5.30. The van der Waals surface area contributed by atoms with Gasteiger partial charge >= 0.3 is 0 Å². The van der Waals surface area contributed by atoms with Gasteiger partial charge in [-0.15, -0.1) is 0 Å². The van der Waals surface area contributed by atoms with E-state index in [0.29, 0.717) is 0 Å². The molecule has 2 nitrogen and oxygen atoms in total. The maximum absolute atomic E-state index is 5.47. The molecule has 17 heavy (non-hydrogen) atoms. The van der Waals surface area contributed by atoms with Crippen LogP contribution in [0.2, 0.25) is 0 Å². The summed E-state index contributed by atoms with van der Waals surface area (Å²) in [6.45, 7) is 8.49. The van der Waals surface area contributed by atoms with Crippen molar-refractivity contribution in [3.63, 3.8) is 0 Å². The fraction of sp³-hybridized carbons (Fsp3) is 0.571. The molecule has 0 radical (unpaired) electrons. The molecule has 0 saturated heterocycles. The Hall–Kier alpha value is -0.380. The average Bonchev–Trinajstić information content (AvgIpc) is 2.27. The van der Waals surface area contributed by atoms with Crippen molar-refractivity contribution in [2.45, 2.75) is 38.9 Å². The summed E-state index contributed by atoms with van der Waals surface area (Å²) >= 11 is 3.55. The fourth-order valence-electron chi connectivity index (χ4n) is 1.64. The van der Waals surface area contributed by atoms with Gasteiger partial charge in [0.2, 0.25) is 0 Å². The summed E-state index contributed by atoms with van der Waals surface area (Å²) in [7, 11) is 3.30. The maximum atomic E-state index is 5.47. The summed E-state index contributed by atoms with van der Waals surface area (Å²) in [5, 5.41) is 0. The van der Waals surface area contributed by atoms with E-state index in [4.69, 9.17) is 9.47 Å². The number of methoxy groups -OCH3 is 2. The van der Waals surface area contributed by atoms with Gasteiger partial charge in [-0.05, 0) is 30.0 Å². The Labute approximate surface area is 112 Å². The highest BCUT2D eigenvalue weighted by atomic mass is 79.9. The van der Waals surface area contributed by atoms with Crippen molar-refractivity contribution in [1.82, 2.24) is 0 Å². The van der Waals surface area contributed by atoms with E-state index in [9.17, 15) is 0 Å². The van der Waals surface area contributed by atoms with Crippen LogP contribution in [0, 0.1) is 0 Å². The standard InChI is InChI=1S/C14H21BrO2/c1-13(2,3)10-7-8-12(15)11(9-10)14(4,16-5)17-6/h7-9H,1-6H3. The summed E-state index contributed by atoms with van der Waals surface area (Å²) in [4.78, 5) is 0. The number of halogens is 1. The molecule has 0 fully saturated rings. The van der Waals surface area contributed by atoms with Gasteiger partial charge < -0.3 is 9.47 Å². The molecule has 0 heterocycles. The predicted molar refractivity (Wildman–Crippen MR) is 74.2 cm³/mol. The van der Waals surface area contributed by atoms with Crippen molar-refractivity contribution in [2.24, 2.45) is 0 Å². The number of rotatable bonds is 3. The third-order valence-electron chi connectivity index (χ3n) is 3.10. The summed E-state index contributed by atoms with van der Waals surface area (Å²) in [5.74, 6) is -0.722. The van der Waals surface area contributed by atoms with Gasteiger partial charge in [-0.2, -0.15) is 0 Å². The molecule has 0 bridgehead atoms. The zero-order chi connectivity index (χ0) is 13.3. The highest BCUT2D eigenvalue weighted by molar-refractivity contribution is 9.10. The molecule has 0 aliphatic heterocycles. The number of benzene rings is 1. The molecule has 1 aromatic rings. The molecule has 0 saturated carbocycles. The molecule has 0 N–H and O–H groups in total. The first kappa shape index (κ1) is 14.7. The van der Waals surface area contributed by atoms with Gasteiger partial charge in [0.15, 0.2) is 5.79 Å². The van der Waals surface area contributed by atoms with E-state index in [1.54, 1.807) is 14.2 Å². The van der Waals surface area contributed by atoms with Crippen molar-refractivity contribution < 1.29 is 9.47 Å². The number of hydrogen-bond acceptors (Lipinski definition) is 2. The van der Waals surface area contributed by atoms with Crippen LogP contribution in [0.4, 0.5) is 0 Å². The zero-order valence-corrected chi connectivity index (χ0v) is 13.0. The molecule has 0 aromatic heterocycles. The van der Waals surface area contributed by atoms with Crippen LogP contribution < -0.4 is 0 Å². The minimum Gasteiger partial charge on any atom is -0.349 e. The molecule has 3 heteroatoms. The average molecular weight is 301 g/mol. The van der Waals surface area contributed by atoms with Crippen molar-refractivity contribution in [3.05, 3.63) is 33.8 Å². The highest BCUT2D eigenvalue weighted by Gasteiger charge is 2.29. The van der Waals surface area contributed by atoms with E-state index < -0.39 is 5.79 Å². The minimum atomic E-state index is -0.722. The predicted octanol–water partition coefficient (Wildman–Crippen LogP) is 4.21. The van der Waals surface area contributed by atoms with Crippen molar-refractivity contribution in [2.75, 3.05) is 14.2 Å². The van der Waals surface area contributed by atoms with Crippen LogP contribution in [0.1, 0.15) is 38.8 Å². The Bertz CT molecular complexity index is 390. The van der Waals surface area contributed by atoms with Crippen molar-refractivity contribution in [1.29, 1.82) is 0 Å². The Balaban J connectivity index is 3.33. The van der Waals surface area contributed by atoms with Crippen LogP contribution in [0.3, 0.4) is 0 Å². The molecule has 1 rings (SSSR count). The maximum Gasteiger partial charge on any atom is 0.192 e. The third kappa shape index (κ3) is 3.09. The lowest BCUT2D eigenvalue weighted by molar-refractivity contribution is -0.202. The van der Waals surface area contributed by atoms with Crippen molar-refractivity contribution >= 4 is 15.9 Å². The molecular formula is C14H21BrO2. The second kappa shape index (κ2) is 5.09. The Kier molecular flexibility index (Phi) is 4.39. The third-order valence-corrected chi connectivity index (χ3v) is 3.79. The van der Waals surface area contributed by atoms with Crippen LogP contribution in [0.15, 0.2) is 22.7 Å². The lowest BCUT2D eigenvalue weighted by Gasteiger charge is -2.30. The largest absolute Gasteiger partial charge is 0.349 e. The van der Waals surface area contributed by atoms with Gasteiger partial charge in [0.05, 0.1) is 0 Å². The van der Waals surface area contributed by atoms with Gasteiger partial charge in [0.25, 0.3) is 0 Å². The molecule has 0 spiro atoms. The molecule has 0 aliphatic carbocycles. The second-order valence-corrected chi connectivity index (χ2v) is 6.15. The van der Waals surface area contributed by atoms with Crippen LogP contribution in [-0.2, 0) is 20.7 Å². The summed E-state index contributed by atoms with van der Waals surface area (Å²) < 4.78 is 11.9. The SMILES string of the molecule is COC(C)(OC)c1cc(C(C)(C)C)ccc1Br. The van der Waals surface area contributed by atoms with Crippen molar-refractivity contribution in [3.8, 4) is 0 Å². The molecule has 0 atom stereocenters.